The Bertz CT molecular complexity index is 720. The minimum atomic E-state index is -4.41. The van der Waals surface area contributed by atoms with Gasteiger partial charge in [0, 0.05) is 19.0 Å². The molecular formula is C17H22F3IN4OS. The first-order chi connectivity index (χ1) is 12.4. The molecular weight excluding hydrogens is 492 g/mol. The van der Waals surface area contributed by atoms with Crippen LogP contribution in [0.4, 0.5) is 13.2 Å². The van der Waals surface area contributed by atoms with Crippen molar-refractivity contribution in [3.05, 3.63) is 45.9 Å². The molecule has 0 atom stereocenters. The Labute approximate surface area is 177 Å². The third kappa shape index (κ3) is 8.33. The van der Waals surface area contributed by atoms with Crippen LogP contribution in [-0.2, 0) is 12.7 Å². The molecule has 0 aliphatic carbocycles. The van der Waals surface area contributed by atoms with E-state index in [2.05, 4.69) is 20.6 Å². The molecule has 0 saturated heterocycles. The second-order valence-corrected chi connectivity index (χ2v) is 6.43. The standard InChI is InChI=1S/C17H21F3N4OS.HI/c1-12-4-6-13(7-5-12)25-9-3-8-22-16(21-2)23-10-15-24-14(11-26-15)17(18,19)20;/h4-7,11H,3,8-10H2,1-2H3,(H2,21,22,23);1H. The van der Waals surface area contributed by atoms with Gasteiger partial charge in [0.15, 0.2) is 11.7 Å². The maximum atomic E-state index is 12.5. The summed E-state index contributed by atoms with van der Waals surface area (Å²) in [6, 6.07) is 7.82. The van der Waals surface area contributed by atoms with E-state index in [9.17, 15) is 13.2 Å². The van der Waals surface area contributed by atoms with Crippen LogP contribution in [0.1, 0.15) is 22.7 Å². The van der Waals surface area contributed by atoms with Gasteiger partial charge in [-0.15, -0.1) is 35.3 Å². The number of guanidine groups is 1. The summed E-state index contributed by atoms with van der Waals surface area (Å²) in [5.74, 6) is 1.33. The van der Waals surface area contributed by atoms with E-state index in [0.717, 1.165) is 28.9 Å². The fourth-order valence-corrected chi connectivity index (χ4v) is 2.75. The molecule has 0 fully saturated rings. The zero-order valence-electron chi connectivity index (χ0n) is 15.0. The van der Waals surface area contributed by atoms with Gasteiger partial charge in [0.1, 0.15) is 10.8 Å². The summed E-state index contributed by atoms with van der Waals surface area (Å²) in [6.07, 6.45) is -3.66. The van der Waals surface area contributed by atoms with Crippen LogP contribution < -0.4 is 15.4 Å². The lowest BCUT2D eigenvalue weighted by molar-refractivity contribution is -0.140. The van der Waals surface area contributed by atoms with Crippen molar-refractivity contribution in [3.63, 3.8) is 0 Å². The lowest BCUT2D eigenvalue weighted by atomic mass is 10.2. The lowest BCUT2D eigenvalue weighted by Crippen LogP contribution is -2.37. The van der Waals surface area contributed by atoms with Gasteiger partial charge in [-0.05, 0) is 25.5 Å². The van der Waals surface area contributed by atoms with E-state index in [-0.39, 0.29) is 30.5 Å². The number of alkyl halides is 3. The molecule has 0 bridgehead atoms. The summed E-state index contributed by atoms with van der Waals surface area (Å²) in [7, 11) is 1.60. The van der Waals surface area contributed by atoms with Crippen LogP contribution in [0.3, 0.4) is 0 Å². The molecule has 0 saturated carbocycles. The van der Waals surface area contributed by atoms with Crippen LogP contribution in [0, 0.1) is 6.92 Å². The van der Waals surface area contributed by atoms with E-state index < -0.39 is 11.9 Å². The second-order valence-electron chi connectivity index (χ2n) is 5.49. The highest BCUT2D eigenvalue weighted by molar-refractivity contribution is 14.0. The zero-order valence-corrected chi connectivity index (χ0v) is 18.1. The third-order valence-electron chi connectivity index (χ3n) is 3.38. The Hall–Kier alpha value is -1.56. The molecule has 2 rings (SSSR count). The van der Waals surface area contributed by atoms with Gasteiger partial charge in [0.25, 0.3) is 0 Å². The molecule has 0 unspecified atom stereocenters. The van der Waals surface area contributed by atoms with E-state index in [1.807, 2.05) is 31.2 Å². The first kappa shape index (κ1) is 23.5. The molecule has 0 radical (unpaired) electrons. The molecule has 1 aromatic carbocycles. The van der Waals surface area contributed by atoms with Crippen LogP contribution in [0.25, 0.3) is 0 Å². The minimum Gasteiger partial charge on any atom is -0.494 e. The van der Waals surface area contributed by atoms with Crippen molar-refractivity contribution in [2.24, 2.45) is 4.99 Å². The van der Waals surface area contributed by atoms with Gasteiger partial charge in [0.05, 0.1) is 13.2 Å². The highest BCUT2D eigenvalue weighted by Crippen LogP contribution is 2.29. The number of aliphatic imine (C=N–C) groups is 1. The van der Waals surface area contributed by atoms with Crippen molar-refractivity contribution in [2.45, 2.75) is 26.1 Å². The van der Waals surface area contributed by atoms with Gasteiger partial charge < -0.3 is 15.4 Å². The molecule has 10 heteroatoms. The first-order valence-corrected chi connectivity index (χ1v) is 8.92. The van der Waals surface area contributed by atoms with Crippen LogP contribution >= 0.6 is 35.3 Å². The number of nitrogens with zero attached hydrogens (tertiary/aromatic N) is 2. The van der Waals surface area contributed by atoms with E-state index >= 15 is 0 Å². The number of halogens is 4. The number of benzene rings is 1. The molecule has 150 valence electrons. The van der Waals surface area contributed by atoms with Crippen LogP contribution in [0.5, 0.6) is 5.75 Å². The van der Waals surface area contributed by atoms with Crippen molar-refractivity contribution < 1.29 is 17.9 Å². The van der Waals surface area contributed by atoms with Gasteiger partial charge in [-0.2, -0.15) is 13.2 Å². The number of nitrogens with one attached hydrogen (secondary N) is 2. The lowest BCUT2D eigenvalue weighted by Gasteiger charge is -2.11. The molecule has 0 spiro atoms. The van der Waals surface area contributed by atoms with E-state index in [0.29, 0.717) is 24.1 Å². The van der Waals surface area contributed by atoms with Crippen molar-refractivity contribution in [1.82, 2.24) is 15.6 Å². The average Bonchev–Trinajstić information content (AvgIpc) is 3.08. The number of ether oxygens (including phenoxy) is 1. The highest BCUT2D eigenvalue weighted by Gasteiger charge is 2.33. The van der Waals surface area contributed by atoms with E-state index in [1.165, 1.54) is 5.56 Å². The monoisotopic (exact) mass is 514 g/mol. The topological polar surface area (TPSA) is 58.5 Å². The van der Waals surface area contributed by atoms with Crippen molar-refractivity contribution in [3.8, 4) is 5.75 Å². The average molecular weight is 514 g/mol. The van der Waals surface area contributed by atoms with Crippen molar-refractivity contribution in [1.29, 1.82) is 0 Å². The summed E-state index contributed by atoms with van der Waals surface area (Å²) < 4.78 is 43.2. The quantitative estimate of drug-likeness (QED) is 0.252. The first-order valence-electron chi connectivity index (χ1n) is 8.04. The summed E-state index contributed by atoms with van der Waals surface area (Å²) >= 11 is 0.963. The van der Waals surface area contributed by atoms with Gasteiger partial charge in [-0.1, -0.05) is 17.7 Å². The molecule has 5 nitrogen and oxygen atoms in total. The maximum absolute atomic E-state index is 12.5. The Morgan fingerprint density at radius 1 is 1.22 bits per heavy atom. The minimum absolute atomic E-state index is 0. The third-order valence-corrected chi connectivity index (χ3v) is 4.22. The molecule has 2 aromatic rings. The Kier molecular flexibility index (Phi) is 9.84. The van der Waals surface area contributed by atoms with Gasteiger partial charge in [0.2, 0.25) is 0 Å². The Balaban J connectivity index is 0.00000364. The molecule has 0 amide bonds. The summed E-state index contributed by atoms with van der Waals surface area (Å²) in [4.78, 5) is 7.60. The summed E-state index contributed by atoms with van der Waals surface area (Å²) in [5.41, 5.74) is 0.312. The van der Waals surface area contributed by atoms with E-state index in [4.69, 9.17) is 4.74 Å². The molecule has 1 heterocycles. The van der Waals surface area contributed by atoms with Crippen LogP contribution in [-0.4, -0.2) is 31.1 Å². The number of thiazole rings is 1. The van der Waals surface area contributed by atoms with Gasteiger partial charge in [-0.3, -0.25) is 4.99 Å². The fourth-order valence-electron chi connectivity index (χ4n) is 2.01. The molecule has 0 aliphatic heterocycles. The van der Waals surface area contributed by atoms with E-state index in [1.54, 1.807) is 7.05 Å². The number of aromatic nitrogens is 1. The largest absolute Gasteiger partial charge is 0.494 e. The molecule has 0 aliphatic rings. The maximum Gasteiger partial charge on any atom is 0.434 e. The Morgan fingerprint density at radius 2 is 1.93 bits per heavy atom. The summed E-state index contributed by atoms with van der Waals surface area (Å²) in [5, 5.41) is 7.39. The van der Waals surface area contributed by atoms with Gasteiger partial charge in [-0.25, -0.2) is 4.98 Å². The zero-order chi connectivity index (χ0) is 19.0. The van der Waals surface area contributed by atoms with Crippen molar-refractivity contribution >= 4 is 41.3 Å². The Morgan fingerprint density at radius 3 is 2.52 bits per heavy atom. The SMILES string of the molecule is CN=C(NCCCOc1ccc(C)cc1)NCc1nc(C(F)(F)F)cs1.I. The van der Waals surface area contributed by atoms with Crippen LogP contribution in [0.2, 0.25) is 0 Å². The van der Waals surface area contributed by atoms with Gasteiger partial charge >= 0.3 is 6.18 Å². The number of hydrogen-bond acceptors (Lipinski definition) is 4. The highest BCUT2D eigenvalue weighted by atomic mass is 127. The fraction of sp³-hybridized carbons (Fsp3) is 0.412. The smallest absolute Gasteiger partial charge is 0.434 e. The number of hydrogen-bond donors (Lipinski definition) is 2. The number of aryl methyl sites for hydroxylation is 1. The summed E-state index contributed by atoms with van der Waals surface area (Å²) in [6.45, 7) is 3.37. The molecule has 27 heavy (non-hydrogen) atoms. The molecule has 2 N–H and O–H groups in total. The van der Waals surface area contributed by atoms with Crippen molar-refractivity contribution in [2.75, 3.05) is 20.2 Å². The number of rotatable bonds is 7. The molecule has 1 aromatic heterocycles. The second kappa shape index (κ2) is 11.3. The predicted molar refractivity (Wildman–Crippen MR) is 112 cm³/mol. The predicted octanol–water partition coefficient (Wildman–Crippen LogP) is 4.22. The normalized spacial score (nSPS) is 11.7. The van der Waals surface area contributed by atoms with Crippen LogP contribution in [0.15, 0.2) is 34.6 Å².